The zero-order chi connectivity index (χ0) is 20.9. The summed E-state index contributed by atoms with van der Waals surface area (Å²) in [7, 11) is -3.81. The second-order valence-electron chi connectivity index (χ2n) is 6.56. The molecule has 0 aliphatic heterocycles. The van der Waals surface area contributed by atoms with Gasteiger partial charge in [-0.05, 0) is 50.2 Å². The first-order chi connectivity index (χ1) is 13.8. The molecule has 0 fully saturated rings. The van der Waals surface area contributed by atoms with Gasteiger partial charge in [0.25, 0.3) is 0 Å². The first-order valence-corrected chi connectivity index (χ1v) is 10.6. The SMILES string of the molecule is Cc1ccc(S(=O)(=O)N[C@@H](C)C(=O)Nc2ccccc2Oc2ccccc2)cc1. The molecule has 0 saturated heterocycles. The van der Waals surface area contributed by atoms with Gasteiger partial charge in [-0.2, -0.15) is 4.72 Å². The number of carbonyl (C=O) groups excluding carboxylic acids is 1. The lowest BCUT2D eigenvalue weighted by Gasteiger charge is -2.16. The summed E-state index contributed by atoms with van der Waals surface area (Å²) in [4.78, 5) is 12.7. The highest BCUT2D eigenvalue weighted by Crippen LogP contribution is 2.29. The van der Waals surface area contributed by atoms with Crippen molar-refractivity contribution in [1.82, 2.24) is 4.72 Å². The summed E-state index contributed by atoms with van der Waals surface area (Å²) in [5.41, 5.74) is 1.40. The van der Waals surface area contributed by atoms with Gasteiger partial charge < -0.3 is 10.1 Å². The molecule has 0 saturated carbocycles. The highest BCUT2D eigenvalue weighted by molar-refractivity contribution is 7.89. The number of amides is 1. The molecule has 0 spiro atoms. The van der Waals surface area contributed by atoms with Crippen molar-refractivity contribution in [3.8, 4) is 11.5 Å². The molecule has 0 aliphatic rings. The molecule has 6 nitrogen and oxygen atoms in total. The van der Waals surface area contributed by atoms with Crippen LogP contribution in [-0.2, 0) is 14.8 Å². The summed E-state index contributed by atoms with van der Waals surface area (Å²) in [6.45, 7) is 3.36. The number of carbonyl (C=O) groups is 1. The molecule has 3 rings (SSSR count). The Balaban J connectivity index is 1.71. The van der Waals surface area contributed by atoms with Gasteiger partial charge in [-0.25, -0.2) is 8.42 Å². The van der Waals surface area contributed by atoms with Crippen LogP contribution in [0.4, 0.5) is 5.69 Å². The van der Waals surface area contributed by atoms with Crippen LogP contribution in [0.5, 0.6) is 11.5 Å². The van der Waals surface area contributed by atoms with Crippen LogP contribution in [0.3, 0.4) is 0 Å². The summed E-state index contributed by atoms with van der Waals surface area (Å²) in [5, 5.41) is 2.72. The van der Waals surface area contributed by atoms with Gasteiger partial charge in [0, 0.05) is 0 Å². The van der Waals surface area contributed by atoms with E-state index in [1.165, 1.54) is 19.1 Å². The fourth-order valence-corrected chi connectivity index (χ4v) is 3.79. The number of benzene rings is 3. The van der Waals surface area contributed by atoms with Gasteiger partial charge in [0.2, 0.25) is 15.9 Å². The number of hydrogen-bond donors (Lipinski definition) is 2. The van der Waals surface area contributed by atoms with Gasteiger partial charge in [-0.15, -0.1) is 0 Å². The van der Waals surface area contributed by atoms with Crippen LogP contribution in [0.15, 0.2) is 83.8 Å². The molecule has 3 aromatic carbocycles. The van der Waals surface area contributed by atoms with E-state index >= 15 is 0 Å². The highest BCUT2D eigenvalue weighted by atomic mass is 32.2. The van der Waals surface area contributed by atoms with Gasteiger partial charge in [-0.3, -0.25) is 4.79 Å². The molecule has 0 bridgehead atoms. The topological polar surface area (TPSA) is 84.5 Å². The Kier molecular flexibility index (Phi) is 6.31. The molecular formula is C22H22N2O4S. The van der Waals surface area contributed by atoms with Crippen LogP contribution in [0.2, 0.25) is 0 Å². The molecule has 2 N–H and O–H groups in total. The lowest BCUT2D eigenvalue weighted by molar-refractivity contribution is -0.117. The van der Waals surface area contributed by atoms with Gasteiger partial charge in [-0.1, -0.05) is 48.0 Å². The van der Waals surface area contributed by atoms with E-state index in [0.717, 1.165) is 5.56 Å². The van der Waals surface area contributed by atoms with E-state index in [1.54, 1.807) is 48.5 Å². The van der Waals surface area contributed by atoms with Crippen molar-refractivity contribution in [3.63, 3.8) is 0 Å². The third-order valence-corrected chi connectivity index (χ3v) is 5.73. The quantitative estimate of drug-likeness (QED) is 0.614. The Morgan fingerprint density at radius 3 is 2.21 bits per heavy atom. The average Bonchev–Trinajstić information content (AvgIpc) is 2.70. The van der Waals surface area contributed by atoms with Crippen LogP contribution >= 0.6 is 0 Å². The summed E-state index contributed by atoms with van der Waals surface area (Å²) < 4.78 is 33.2. The molecule has 29 heavy (non-hydrogen) atoms. The zero-order valence-corrected chi connectivity index (χ0v) is 16.9. The number of nitrogens with one attached hydrogen (secondary N) is 2. The van der Waals surface area contributed by atoms with Crippen molar-refractivity contribution in [1.29, 1.82) is 0 Å². The second kappa shape index (κ2) is 8.89. The summed E-state index contributed by atoms with van der Waals surface area (Å²) in [5.74, 6) is 0.591. The van der Waals surface area contributed by atoms with E-state index in [4.69, 9.17) is 4.74 Å². The standard InChI is InChI=1S/C22H22N2O4S/c1-16-12-14-19(15-13-16)29(26,27)24-17(2)22(25)23-20-10-6-7-11-21(20)28-18-8-4-3-5-9-18/h3-15,17,24H,1-2H3,(H,23,25)/t17-/m0/s1. The predicted octanol–water partition coefficient (Wildman–Crippen LogP) is 4.09. The first-order valence-electron chi connectivity index (χ1n) is 9.07. The molecular weight excluding hydrogens is 388 g/mol. The predicted molar refractivity (Wildman–Crippen MR) is 113 cm³/mol. The average molecular weight is 410 g/mol. The molecule has 3 aromatic rings. The van der Waals surface area contributed by atoms with Gasteiger partial charge >= 0.3 is 0 Å². The molecule has 150 valence electrons. The molecule has 0 unspecified atom stereocenters. The van der Waals surface area contributed by atoms with E-state index in [2.05, 4.69) is 10.0 Å². The highest BCUT2D eigenvalue weighted by Gasteiger charge is 2.22. The van der Waals surface area contributed by atoms with Crippen LogP contribution in [0.1, 0.15) is 12.5 Å². The first kappa shape index (κ1) is 20.6. The number of anilines is 1. The van der Waals surface area contributed by atoms with Crippen molar-refractivity contribution < 1.29 is 17.9 Å². The Bertz CT molecular complexity index is 1080. The third-order valence-electron chi connectivity index (χ3n) is 4.17. The van der Waals surface area contributed by atoms with Gasteiger partial charge in [0.1, 0.15) is 5.75 Å². The van der Waals surface area contributed by atoms with Gasteiger partial charge in [0.05, 0.1) is 16.6 Å². The van der Waals surface area contributed by atoms with E-state index in [0.29, 0.717) is 17.2 Å². The Labute approximate surface area is 170 Å². The number of ether oxygens (including phenoxy) is 1. The fraction of sp³-hybridized carbons (Fsp3) is 0.136. The fourth-order valence-electron chi connectivity index (χ4n) is 2.59. The maximum atomic E-state index is 12.6. The van der Waals surface area contributed by atoms with Crippen molar-refractivity contribution in [2.24, 2.45) is 0 Å². The smallest absolute Gasteiger partial charge is 0.242 e. The molecule has 1 atom stereocenters. The molecule has 1 amide bonds. The van der Waals surface area contributed by atoms with Crippen LogP contribution < -0.4 is 14.8 Å². The van der Waals surface area contributed by atoms with E-state index in [1.807, 2.05) is 25.1 Å². The maximum Gasteiger partial charge on any atom is 0.242 e. The monoisotopic (exact) mass is 410 g/mol. The van der Waals surface area contributed by atoms with Gasteiger partial charge in [0.15, 0.2) is 5.75 Å². The van der Waals surface area contributed by atoms with E-state index in [9.17, 15) is 13.2 Å². The molecule has 0 radical (unpaired) electrons. The zero-order valence-electron chi connectivity index (χ0n) is 16.1. The molecule has 0 aliphatic carbocycles. The summed E-state index contributed by atoms with van der Waals surface area (Å²) >= 11 is 0. The third kappa shape index (κ3) is 5.43. The van der Waals surface area contributed by atoms with Crippen LogP contribution in [-0.4, -0.2) is 20.4 Å². The van der Waals surface area contributed by atoms with Crippen LogP contribution in [0, 0.1) is 6.92 Å². The van der Waals surface area contributed by atoms with Crippen molar-refractivity contribution >= 4 is 21.6 Å². The number of hydrogen-bond acceptors (Lipinski definition) is 4. The minimum Gasteiger partial charge on any atom is -0.455 e. The summed E-state index contributed by atoms with van der Waals surface area (Å²) in [6.07, 6.45) is 0. The Hall–Kier alpha value is -3.16. The number of sulfonamides is 1. The van der Waals surface area contributed by atoms with Crippen molar-refractivity contribution in [3.05, 3.63) is 84.4 Å². The molecule has 7 heteroatoms. The van der Waals surface area contributed by atoms with Crippen LogP contribution in [0.25, 0.3) is 0 Å². The number of rotatable bonds is 7. The number of para-hydroxylation sites is 3. The van der Waals surface area contributed by atoms with Crippen molar-refractivity contribution in [2.45, 2.75) is 24.8 Å². The Morgan fingerprint density at radius 2 is 1.52 bits per heavy atom. The van der Waals surface area contributed by atoms with E-state index in [-0.39, 0.29) is 4.90 Å². The molecule has 0 heterocycles. The lowest BCUT2D eigenvalue weighted by atomic mass is 10.2. The van der Waals surface area contributed by atoms with Crippen molar-refractivity contribution in [2.75, 3.05) is 5.32 Å². The minimum atomic E-state index is -3.81. The Morgan fingerprint density at radius 1 is 0.897 bits per heavy atom. The second-order valence-corrected chi connectivity index (χ2v) is 8.27. The lowest BCUT2D eigenvalue weighted by Crippen LogP contribution is -2.41. The summed E-state index contributed by atoms with van der Waals surface area (Å²) in [6, 6.07) is 21.6. The maximum absolute atomic E-state index is 12.6. The van der Waals surface area contributed by atoms with E-state index < -0.39 is 22.0 Å². The normalized spacial score (nSPS) is 12.2. The number of aryl methyl sites for hydroxylation is 1. The molecule has 0 aromatic heterocycles. The minimum absolute atomic E-state index is 0.107. The largest absolute Gasteiger partial charge is 0.455 e.